The summed E-state index contributed by atoms with van der Waals surface area (Å²) in [6, 6.07) is 0. The lowest BCUT2D eigenvalue weighted by Crippen LogP contribution is -2.31. The molecule has 0 radical (unpaired) electrons. The van der Waals surface area contributed by atoms with Crippen molar-refractivity contribution in [3.8, 4) is 0 Å². The number of hydrogen-bond acceptors (Lipinski definition) is 5. The van der Waals surface area contributed by atoms with Gasteiger partial charge in [-0.2, -0.15) is 0 Å². The molecule has 0 bridgehead atoms. The normalized spacial score (nSPS) is 13.7. The third-order valence-electron chi connectivity index (χ3n) is 4.58. The predicted molar refractivity (Wildman–Crippen MR) is 110 cm³/mol. The van der Waals surface area contributed by atoms with Crippen LogP contribution in [-0.2, 0) is 6.54 Å². The van der Waals surface area contributed by atoms with E-state index in [9.17, 15) is 14.4 Å². The fourth-order valence-corrected chi connectivity index (χ4v) is 5.13. The monoisotopic (exact) mass is 475 g/mol. The Labute approximate surface area is 182 Å². The number of aromatic nitrogens is 2. The van der Waals surface area contributed by atoms with Crippen LogP contribution >= 0.6 is 57.7 Å². The van der Waals surface area contributed by atoms with Gasteiger partial charge in [-0.15, -0.1) is 11.3 Å². The first-order valence-electron chi connectivity index (χ1n) is 7.84. The molecule has 2 aromatic heterocycles. The molecule has 0 saturated carbocycles. The molecule has 144 valence electrons. The van der Waals surface area contributed by atoms with Gasteiger partial charge in [0.05, 0.1) is 43.1 Å². The maximum atomic E-state index is 12.8. The number of H-pyrrole nitrogens is 1. The standard InChI is InChI=1S/C17H9Cl4N3O3S/c1-4-5(2)28-15-7(4)14(25)22-6(23-15)3-24-16(26)8-9(17(24)27)11(19)13(21)12(20)10(8)18/h3H2,1-2H3,(H,22,23,25). The van der Waals surface area contributed by atoms with Crippen molar-refractivity contribution in [1.82, 2.24) is 14.9 Å². The molecule has 4 rings (SSSR count). The number of carbonyl (C=O) groups is 2. The zero-order valence-electron chi connectivity index (χ0n) is 14.2. The Balaban J connectivity index is 1.80. The van der Waals surface area contributed by atoms with Crippen LogP contribution in [0.3, 0.4) is 0 Å². The van der Waals surface area contributed by atoms with E-state index in [2.05, 4.69) is 9.97 Å². The molecule has 28 heavy (non-hydrogen) atoms. The Kier molecular flexibility index (Phi) is 4.71. The smallest absolute Gasteiger partial charge is 0.263 e. The highest BCUT2D eigenvalue weighted by Gasteiger charge is 2.41. The molecule has 0 saturated heterocycles. The molecule has 3 aromatic rings. The zero-order valence-corrected chi connectivity index (χ0v) is 18.1. The summed E-state index contributed by atoms with van der Waals surface area (Å²) in [6.07, 6.45) is 0. The van der Waals surface area contributed by atoms with Gasteiger partial charge in [0.25, 0.3) is 17.4 Å². The first-order chi connectivity index (χ1) is 13.1. The van der Waals surface area contributed by atoms with Gasteiger partial charge in [0, 0.05) is 4.88 Å². The maximum absolute atomic E-state index is 12.8. The summed E-state index contributed by atoms with van der Waals surface area (Å²) in [5.74, 6) is -1.21. The number of nitrogens with one attached hydrogen (secondary N) is 1. The van der Waals surface area contributed by atoms with E-state index in [0.717, 1.165) is 15.3 Å². The minimum Gasteiger partial charge on any atom is -0.308 e. The lowest BCUT2D eigenvalue weighted by Gasteiger charge is -2.13. The van der Waals surface area contributed by atoms with Crippen molar-refractivity contribution in [2.75, 3.05) is 0 Å². The first kappa shape index (κ1) is 19.7. The number of aromatic amines is 1. The van der Waals surface area contributed by atoms with E-state index in [1.807, 2.05) is 13.8 Å². The van der Waals surface area contributed by atoms with Crippen LogP contribution in [0.5, 0.6) is 0 Å². The molecule has 1 aromatic carbocycles. The van der Waals surface area contributed by atoms with Gasteiger partial charge in [0.1, 0.15) is 10.7 Å². The highest BCUT2D eigenvalue weighted by atomic mass is 35.5. The molecule has 0 atom stereocenters. The van der Waals surface area contributed by atoms with Gasteiger partial charge in [0.2, 0.25) is 0 Å². The van der Waals surface area contributed by atoms with E-state index < -0.39 is 11.8 Å². The molecule has 11 heteroatoms. The highest BCUT2D eigenvalue weighted by Crippen LogP contribution is 2.45. The van der Waals surface area contributed by atoms with Crippen LogP contribution in [0.15, 0.2) is 4.79 Å². The lowest BCUT2D eigenvalue weighted by atomic mass is 10.1. The number of hydrogen-bond donors (Lipinski definition) is 1. The Morgan fingerprint density at radius 1 is 0.929 bits per heavy atom. The van der Waals surface area contributed by atoms with Gasteiger partial charge in [-0.3, -0.25) is 19.3 Å². The second kappa shape index (κ2) is 6.71. The second-order valence-electron chi connectivity index (χ2n) is 6.18. The molecule has 6 nitrogen and oxygen atoms in total. The first-order valence-corrected chi connectivity index (χ1v) is 10.2. The minimum atomic E-state index is -0.688. The van der Waals surface area contributed by atoms with Crippen LogP contribution in [0.25, 0.3) is 10.2 Å². The van der Waals surface area contributed by atoms with Crippen LogP contribution < -0.4 is 5.56 Å². The fraction of sp³-hybridized carbons (Fsp3) is 0.176. The largest absolute Gasteiger partial charge is 0.308 e. The number of rotatable bonds is 2. The van der Waals surface area contributed by atoms with Gasteiger partial charge < -0.3 is 4.98 Å². The molecule has 1 N–H and O–H groups in total. The summed E-state index contributed by atoms with van der Waals surface area (Å²) in [7, 11) is 0. The topological polar surface area (TPSA) is 83.1 Å². The van der Waals surface area contributed by atoms with Gasteiger partial charge in [-0.25, -0.2) is 4.98 Å². The van der Waals surface area contributed by atoms with Crippen molar-refractivity contribution in [3.05, 3.63) is 57.8 Å². The van der Waals surface area contributed by atoms with Crippen LogP contribution in [0.2, 0.25) is 20.1 Å². The Morgan fingerprint density at radius 3 is 2.00 bits per heavy atom. The second-order valence-corrected chi connectivity index (χ2v) is 8.89. The van der Waals surface area contributed by atoms with Crippen LogP contribution in [0.1, 0.15) is 37.0 Å². The van der Waals surface area contributed by atoms with Gasteiger partial charge in [0.15, 0.2) is 0 Å². The van der Waals surface area contributed by atoms with Crippen LogP contribution in [-0.4, -0.2) is 26.7 Å². The molecule has 0 spiro atoms. The number of carbonyl (C=O) groups excluding carboxylic acids is 2. The molecular formula is C17H9Cl4N3O3S. The zero-order chi connectivity index (χ0) is 20.5. The Bertz CT molecular complexity index is 1230. The highest BCUT2D eigenvalue weighted by molar-refractivity contribution is 7.18. The number of benzene rings is 1. The number of imide groups is 1. The molecular weight excluding hydrogens is 468 g/mol. The molecule has 0 fully saturated rings. The SMILES string of the molecule is Cc1sc2nc(CN3C(=O)c4c(Cl)c(Cl)c(Cl)c(Cl)c4C3=O)[nH]c(=O)c2c1C. The third-order valence-corrected chi connectivity index (χ3v) is 7.48. The summed E-state index contributed by atoms with van der Waals surface area (Å²) in [5, 5.41) is 0.0000564. The summed E-state index contributed by atoms with van der Waals surface area (Å²) < 4.78 is 0. The average Bonchev–Trinajstić information content (AvgIpc) is 3.06. The van der Waals surface area contributed by atoms with Gasteiger partial charge >= 0.3 is 0 Å². The van der Waals surface area contributed by atoms with Gasteiger partial charge in [-0.1, -0.05) is 46.4 Å². The quantitative estimate of drug-likeness (QED) is 0.320. The number of thiophene rings is 1. The number of amides is 2. The number of fused-ring (bicyclic) bond motifs is 2. The molecule has 1 aliphatic heterocycles. The van der Waals surface area contributed by atoms with E-state index >= 15 is 0 Å². The van der Waals surface area contributed by atoms with E-state index in [1.54, 1.807) is 0 Å². The van der Waals surface area contributed by atoms with Crippen molar-refractivity contribution >= 4 is 79.8 Å². The Hall–Kier alpha value is -1.64. The summed E-state index contributed by atoms with van der Waals surface area (Å²) in [5.41, 5.74) is 0.291. The van der Waals surface area contributed by atoms with Gasteiger partial charge in [-0.05, 0) is 19.4 Å². The fourth-order valence-electron chi connectivity index (χ4n) is 3.06. The summed E-state index contributed by atoms with van der Waals surface area (Å²) in [6.45, 7) is 3.48. The number of aryl methyl sites for hydroxylation is 2. The molecule has 2 amide bonds. The summed E-state index contributed by atoms with van der Waals surface area (Å²) in [4.78, 5) is 47.4. The van der Waals surface area contributed by atoms with E-state index in [-0.39, 0.29) is 49.1 Å². The molecule has 0 unspecified atom stereocenters. The number of halogens is 4. The van der Waals surface area contributed by atoms with Crippen LogP contribution in [0, 0.1) is 13.8 Å². The minimum absolute atomic E-state index is 0.104. The van der Waals surface area contributed by atoms with Crippen molar-refractivity contribution in [2.45, 2.75) is 20.4 Å². The third kappa shape index (κ3) is 2.69. The predicted octanol–water partition coefficient (Wildman–Crippen LogP) is 5.01. The molecule has 0 aliphatic carbocycles. The lowest BCUT2D eigenvalue weighted by molar-refractivity contribution is 0.0638. The van der Waals surface area contributed by atoms with E-state index in [0.29, 0.717) is 10.2 Å². The van der Waals surface area contributed by atoms with Crippen molar-refractivity contribution in [3.63, 3.8) is 0 Å². The number of nitrogens with zero attached hydrogens (tertiary/aromatic N) is 2. The van der Waals surface area contributed by atoms with E-state index in [1.165, 1.54) is 11.3 Å². The van der Waals surface area contributed by atoms with Crippen LogP contribution in [0.4, 0.5) is 0 Å². The van der Waals surface area contributed by atoms with Crippen molar-refractivity contribution in [2.24, 2.45) is 0 Å². The average molecular weight is 477 g/mol. The molecule has 3 heterocycles. The summed E-state index contributed by atoms with van der Waals surface area (Å²) >= 11 is 25.6. The van der Waals surface area contributed by atoms with E-state index in [4.69, 9.17) is 46.4 Å². The van der Waals surface area contributed by atoms with Crippen molar-refractivity contribution in [1.29, 1.82) is 0 Å². The Morgan fingerprint density at radius 2 is 1.46 bits per heavy atom. The molecule has 1 aliphatic rings. The maximum Gasteiger partial charge on any atom is 0.263 e. The van der Waals surface area contributed by atoms with Crippen molar-refractivity contribution < 1.29 is 9.59 Å².